The molecule has 3 heterocycles. The van der Waals surface area contributed by atoms with Gasteiger partial charge < -0.3 is 9.15 Å². The second kappa shape index (κ2) is 5.96. The molecule has 0 aliphatic carbocycles. The quantitative estimate of drug-likeness (QED) is 0.674. The van der Waals surface area contributed by atoms with Crippen molar-refractivity contribution in [2.45, 2.75) is 13.8 Å². The van der Waals surface area contributed by atoms with Crippen LogP contribution in [-0.2, 0) is 4.74 Å². The number of rotatable bonds is 3. The van der Waals surface area contributed by atoms with E-state index in [0.29, 0.717) is 22.3 Å². The molecular weight excluding hydrogens is 312 g/mol. The van der Waals surface area contributed by atoms with Gasteiger partial charge in [0, 0.05) is 17.8 Å². The first-order chi connectivity index (χ1) is 11.6. The summed E-state index contributed by atoms with van der Waals surface area (Å²) >= 11 is 0. The van der Waals surface area contributed by atoms with Gasteiger partial charge in [-0.15, -0.1) is 0 Å². The van der Waals surface area contributed by atoms with Crippen LogP contribution in [-0.4, -0.2) is 27.1 Å². The fourth-order valence-corrected chi connectivity index (χ4v) is 2.33. The van der Waals surface area contributed by atoms with E-state index in [2.05, 4.69) is 16.0 Å². The number of esters is 1. The molecule has 0 saturated carbocycles. The molecule has 8 nitrogen and oxygen atoms in total. The summed E-state index contributed by atoms with van der Waals surface area (Å²) in [4.78, 5) is 32.0. The number of aryl methyl sites for hydroxylation is 1. The minimum Gasteiger partial charge on any atom is -0.462 e. The lowest BCUT2D eigenvalue weighted by Gasteiger charge is -2.10. The third-order valence-electron chi connectivity index (χ3n) is 3.49. The van der Waals surface area contributed by atoms with E-state index in [1.54, 1.807) is 30.8 Å². The Morgan fingerprint density at radius 2 is 2.29 bits per heavy atom. The lowest BCUT2D eigenvalue weighted by atomic mass is 10.1. The van der Waals surface area contributed by atoms with E-state index in [1.807, 2.05) is 0 Å². The largest absolute Gasteiger partial charge is 0.462 e. The monoisotopic (exact) mass is 324 g/mol. The van der Waals surface area contributed by atoms with E-state index in [-0.39, 0.29) is 17.9 Å². The first-order valence-corrected chi connectivity index (χ1v) is 7.10. The van der Waals surface area contributed by atoms with Crippen LogP contribution in [0.4, 0.5) is 0 Å². The maximum Gasteiger partial charge on any atom is 0.352 e. The van der Waals surface area contributed by atoms with Gasteiger partial charge in [0.15, 0.2) is 5.82 Å². The van der Waals surface area contributed by atoms with Crippen LogP contribution in [0.3, 0.4) is 0 Å². The van der Waals surface area contributed by atoms with E-state index >= 15 is 0 Å². The van der Waals surface area contributed by atoms with Crippen LogP contribution in [0.5, 0.6) is 0 Å². The Balaban J connectivity index is 2.31. The van der Waals surface area contributed by atoms with Crippen LogP contribution < -0.4 is 5.63 Å². The van der Waals surface area contributed by atoms with Gasteiger partial charge >= 0.3 is 11.6 Å². The van der Waals surface area contributed by atoms with Crippen molar-refractivity contribution in [2.75, 3.05) is 6.61 Å². The molecule has 3 aromatic heterocycles. The van der Waals surface area contributed by atoms with Crippen molar-refractivity contribution in [1.29, 1.82) is 5.26 Å². The van der Waals surface area contributed by atoms with E-state index in [4.69, 9.17) is 9.15 Å². The molecule has 0 fully saturated rings. The zero-order chi connectivity index (χ0) is 17.3. The van der Waals surface area contributed by atoms with Gasteiger partial charge in [-0.3, -0.25) is 4.57 Å². The third kappa shape index (κ3) is 2.42. The van der Waals surface area contributed by atoms with Gasteiger partial charge in [0.1, 0.15) is 18.0 Å². The highest BCUT2D eigenvalue weighted by Gasteiger charge is 2.20. The predicted molar refractivity (Wildman–Crippen MR) is 82.8 cm³/mol. The SMILES string of the molecule is CCOC(=O)c1cc2c(C)c(C#N)c(-n3ccnc3)nc2oc1=O. The van der Waals surface area contributed by atoms with Crippen molar-refractivity contribution in [3.05, 3.63) is 51.9 Å². The molecule has 0 unspecified atom stereocenters. The summed E-state index contributed by atoms with van der Waals surface area (Å²) in [7, 11) is 0. The minimum atomic E-state index is -0.839. The Hall–Kier alpha value is -3.47. The fraction of sp³-hybridized carbons (Fsp3) is 0.188. The number of aromatic nitrogens is 3. The van der Waals surface area contributed by atoms with Crippen LogP contribution in [0.2, 0.25) is 0 Å². The molecule has 0 aromatic carbocycles. The summed E-state index contributed by atoms with van der Waals surface area (Å²) in [6.07, 6.45) is 4.65. The summed E-state index contributed by atoms with van der Waals surface area (Å²) in [6, 6.07) is 3.43. The molecule has 0 spiro atoms. The Kier molecular flexibility index (Phi) is 3.83. The van der Waals surface area contributed by atoms with Crippen molar-refractivity contribution < 1.29 is 13.9 Å². The number of fused-ring (bicyclic) bond motifs is 1. The van der Waals surface area contributed by atoms with Crippen LogP contribution in [0.25, 0.3) is 16.9 Å². The molecule has 120 valence electrons. The van der Waals surface area contributed by atoms with Crippen LogP contribution in [0.15, 0.2) is 34.0 Å². The zero-order valence-corrected chi connectivity index (χ0v) is 12.9. The van der Waals surface area contributed by atoms with Crippen molar-refractivity contribution >= 4 is 17.1 Å². The molecule has 24 heavy (non-hydrogen) atoms. The maximum atomic E-state index is 12.0. The van der Waals surface area contributed by atoms with Gasteiger partial charge in [-0.05, 0) is 25.5 Å². The number of nitriles is 1. The molecule has 0 saturated heterocycles. The van der Waals surface area contributed by atoms with Crippen molar-refractivity contribution in [2.24, 2.45) is 0 Å². The number of carbonyl (C=O) groups excluding carboxylic acids is 1. The predicted octanol–water partition coefficient (Wildman–Crippen LogP) is 1.73. The molecule has 0 bridgehead atoms. The molecule has 3 aromatic rings. The molecule has 0 aliphatic heterocycles. The van der Waals surface area contributed by atoms with Gasteiger partial charge in [-0.1, -0.05) is 0 Å². The standard InChI is InChI=1S/C16H12N4O4/c1-3-23-15(21)11-6-10-9(2)12(7-17)13(20-5-4-18-8-20)19-14(10)24-16(11)22/h4-6,8H,3H2,1-2H3. The first kappa shape index (κ1) is 15.4. The average molecular weight is 324 g/mol. The minimum absolute atomic E-state index is 0.0354. The Labute approximate surface area is 135 Å². The zero-order valence-electron chi connectivity index (χ0n) is 12.9. The number of imidazole rings is 1. The van der Waals surface area contributed by atoms with Gasteiger partial charge in [-0.25, -0.2) is 14.6 Å². The Morgan fingerprint density at radius 3 is 2.92 bits per heavy atom. The van der Waals surface area contributed by atoms with Crippen molar-refractivity contribution in [1.82, 2.24) is 14.5 Å². The lowest BCUT2D eigenvalue weighted by molar-refractivity contribution is 0.0521. The Morgan fingerprint density at radius 1 is 1.50 bits per heavy atom. The van der Waals surface area contributed by atoms with Crippen LogP contribution in [0, 0.1) is 18.3 Å². The first-order valence-electron chi connectivity index (χ1n) is 7.10. The number of hydrogen-bond acceptors (Lipinski definition) is 7. The number of carbonyl (C=O) groups is 1. The normalized spacial score (nSPS) is 10.5. The summed E-state index contributed by atoms with van der Waals surface area (Å²) in [5.74, 6) is -0.475. The number of hydrogen-bond donors (Lipinski definition) is 0. The highest BCUT2D eigenvalue weighted by Crippen LogP contribution is 2.24. The second-order valence-electron chi connectivity index (χ2n) is 4.90. The van der Waals surface area contributed by atoms with Crippen LogP contribution >= 0.6 is 0 Å². The second-order valence-corrected chi connectivity index (χ2v) is 4.90. The van der Waals surface area contributed by atoms with Gasteiger partial charge in [0.25, 0.3) is 0 Å². The summed E-state index contributed by atoms with van der Waals surface area (Å²) < 4.78 is 11.6. The van der Waals surface area contributed by atoms with Crippen LogP contribution in [0.1, 0.15) is 28.4 Å². The van der Waals surface area contributed by atoms with Gasteiger partial charge in [-0.2, -0.15) is 10.2 Å². The fourth-order valence-electron chi connectivity index (χ4n) is 2.33. The van der Waals surface area contributed by atoms with E-state index in [9.17, 15) is 14.9 Å². The molecule has 8 heteroatoms. The lowest BCUT2D eigenvalue weighted by Crippen LogP contribution is -2.17. The summed E-state index contributed by atoms with van der Waals surface area (Å²) in [5, 5.41) is 9.87. The summed E-state index contributed by atoms with van der Waals surface area (Å²) in [6.45, 7) is 3.47. The maximum absolute atomic E-state index is 12.0. The molecule has 0 N–H and O–H groups in total. The van der Waals surface area contributed by atoms with Crippen molar-refractivity contribution in [3.63, 3.8) is 0 Å². The molecule has 0 atom stereocenters. The smallest absolute Gasteiger partial charge is 0.352 e. The molecule has 0 radical (unpaired) electrons. The Bertz CT molecular complexity index is 1030. The molecule has 0 amide bonds. The van der Waals surface area contributed by atoms with Gasteiger partial charge in [0.05, 0.1) is 12.2 Å². The number of nitrogens with zero attached hydrogens (tertiary/aromatic N) is 4. The molecular formula is C16H12N4O4. The van der Waals surface area contributed by atoms with E-state index in [1.165, 1.54) is 12.4 Å². The highest BCUT2D eigenvalue weighted by molar-refractivity contribution is 5.93. The van der Waals surface area contributed by atoms with Crippen molar-refractivity contribution in [3.8, 4) is 11.9 Å². The highest BCUT2D eigenvalue weighted by atomic mass is 16.5. The van der Waals surface area contributed by atoms with E-state index in [0.717, 1.165) is 0 Å². The topological polar surface area (TPSA) is 111 Å². The average Bonchev–Trinajstić information content (AvgIpc) is 3.08. The molecule has 3 rings (SSSR count). The molecule has 0 aliphatic rings. The van der Waals surface area contributed by atoms with Gasteiger partial charge in [0.2, 0.25) is 5.71 Å². The summed E-state index contributed by atoms with van der Waals surface area (Å²) in [5.41, 5.74) is -0.194. The van der Waals surface area contributed by atoms with E-state index < -0.39 is 11.6 Å². The number of ether oxygens (including phenoxy) is 1. The number of pyridine rings is 1. The third-order valence-corrected chi connectivity index (χ3v) is 3.49.